The molecule has 3 fully saturated rings. The summed E-state index contributed by atoms with van der Waals surface area (Å²) in [5, 5.41) is 0. The molecule has 510 valence electrons. The Balaban J connectivity index is 0.000000137. The molecule has 3 saturated carbocycles. The lowest BCUT2D eigenvalue weighted by molar-refractivity contribution is 0.219. The summed E-state index contributed by atoms with van der Waals surface area (Å²) in [6.45, 7) is 10.0. The maximum absolute atomic E-state index is 5.15. The average molecular weight is 1340 g/mol. The summed E-state index contributed by atoms with van der Waals surface area (Å²) in [5.41, 5.74) is 16.5. The third kappa shape index (κ3) is 14.6. The van der Waals surface area contributed by atoms with Crippen LogP contribution in [0.5, 0.6) is 0 Å². The highest BCUT2D eigenvalue weighted by atomic mass is 15.3. The molecule has 12 aromatic rings. The monoisotopic (exact) mass is 1330 g/mol. The summed E-state index contributed by atoms with van der Waals surface area (Å²) in [6, 6.07) is 77.6. The SMILES string of the molecule is CN(C)c1cc(C2C(c3ccccc3)C(c3cc(N(C)C)nc(N(C)C)n3)C2c2ccccc2)nc(N(C)C)n1.Cc1cc(C2C(c3ccccc3)C(c3cc(C)nc(C)n3)C2c2ccccc2)nc(C)n1.Cc1nccc(C2[C@@H](c3ccccc3)C(c3ccncn3)[C@@H]2c2ccccc2)n1. The predicted molar refractivity (Wildman–Crippen MR) is 405 cm³/mol. The van der Waals surface area contributed by atoms with Gasteiger partial charge >= 0.3 is 0 Å². The number of benzene rings is 6. The van der Waals surface area contributed by atoms with E-state index in [1.165, 1.54) is 33.4 Å². The van der Waals surface area contributed by atoms with E-state index in [4.69, 9.17) is 34.9 Å². The Morgan fingerprint density at radius 3 is 0.802 bits per heavy atom. The molecule has 16 nitrogen and oxygen atoms in total. The van der Waals surface area contributed by atoms with Gasteiger partial charge in [0.15, 0.2) is 0 Å². The van der Waals surface area contributed by atoms with Crippen molar-refractivity contribution in [2.75, 3.05) is 76.0 Å². The highest BCUT2D eigenvalue weighted by Crippen LogP contribution is 2.69. The van der Waals surface area contributed by atoms with E-state index in [0.717, 1.165) is 86.6 Å². The molecular weight excluding hydrogens is 1250 g/mol. The number of nitrogens with zero attached hydrogens (tertiary/aromatic N) is 16. The summed E-state index contributed by atoms with van der Waals surface area (Å²) in [5.74, 6) is 8.52. The quantitative estimate of drug-likeness (QED) is 0.0895. The second-order valence-electron chi connectivity index (χ2n) is 27.9. The summed E-state index contributed by atoms with van der Waals surface area (Å²) >= 11 is 0. The largest absolute Gasteiger partial charge is 0.363 e. The fraction of sp³-hybridized carbons (Fsp3) is 0.294. The molecule has 0 spiro atoms. The fourth-order valence-electron chi connectivity index (χ4n) is 16.1. The van der Waals surface area contributed by atoms with Gasteiger partial charge in [-0.05, 0) is 92.3 Å². The maximum Gasteiger partial charge on any atom is 0.227 e. The van der Waals surface area contributed by atoms with Crippen molar-refractivity contribution >= 4 is 23.5 Å². The predicted octanol–water partition coefficient (Wildman–Crippen LogP) is 16.0. The Hall–Kier alpha value is -11.0. The van der Waals surface area contributed by atoms with E-state index in [1.807, 2.05) is 99.3 Å². The third-order valence-electron chi connectivity index (χ3n) is 20.3. The molecule has 15 rings (SSSR count). The molecule has 0 amide bonds. The van der Waals surface area contributed by atoms with Crippen LogP contribution in [0.3, 0.4) is 0 Å². The number of aromatic nitrogens is 12. The molecule has 0 unspecified atom stereocenters. The molecule has 6 aromatic carbocycles. The smallest absolute Gasteiger partial charge is 0.227 e. The molecule has 101 heavy (non-hydrogen) atoms. The molecule has 3 aliphatic rings. The van der Waals surface area contributed by atoms with Gasteiger partial charge in [0.25, 0.3) is 0 Å². The highest BCUT2D eigenvalue weighted by Gasteiger charge is 2.57. The molecular formula is C85H90N16. The van der Waals surface area contributed by atoms with Crippen LogP contribution in [0.15, 0.2) is 237 Å². The molecule has 0 radical (unpaired) electrons. The van der Waals surface area contributed by atoms with Crippen LogP contribution >= 0.6 is 0 Å². The van der Waals surface area contributed by atoms with E-state index in [9.17, 15) is 0 Å². The molecule has 3 aliphatic carbocycles. The lowest BCUT2D eigenvalue weighted by Crippen LogP contribution is -2.41. The first-order valence-electron chi connectivity index (χ1n) is 35.0. The van der Waals surface area contributed by atoms with Gasteiger partial charge in [-0.2, -0.15) is 9.97 Å². The Morgan fingerprint density at radius 1 is 0.238 bits per heavy atom. The number of aryl methyl sites for hydroxylation is 5. The highest BCUT2D eigenvalue weighted by molar-refractivity contribution is 5.55. The fourth-order valence-corrected chi connectivity index (χ4v) is 16.1. The van der Waals surface area contributed by atoms with Crippen molar-refractivity contribution in [3.8, 4) is 0 Å². The van der Waals surface area contributed by atoms with E-state index in [2.05, 4.69) is 267 Å². The first kappa shape index (κ1) is 68.5. The topological polar surface area (TPSA) is 168 Å². The van der Waals surface area contributed by atoms with Crippen molar-refractivity contribution in [3.63, 3.8) is 0 Å². The Bertz CT molecular complexity index is 4340. The maximum atomic E-state index is 5.15. The van der Waals surface area contributed by atoms with E-state index in [0.29, 0.717) is 11.8 Å². The minimum Gasteiger partial charge on any atom is -0.363 e. The Kier molecular flexibility index (Phi) is 20.5. The molecule has 0 N–H and O–H groups in total. The zero-order valence-electron chi connectivity index (χ0n) is 60.1. The van der Waals surface area contributed by atoms with Gasteiger partial charge < -0.3 is 19.6 Å². The molecule has 0 saturated heterocycles. The van der Waals surface area contributed by atoms with Gasteiger partial charge in [-0.15, -0.1) is 0 Å². The first-order chi connectivity index (χ1) is 49.0. The molecule has 6 heterocycles. The van der Waals surface area contributed by atoms with Gasteiger partial charge in [0.2, 0.25) is 11.9 Å². The van der Waals surface area contributed by atoms with Crippen molar-refractivity contribution < 1.29 is 0 Å². The van der Waals surface area contributed by atoms with Crippen LogP contribution in [0.4, 0.5) is 23.5 Å². The van der Waals surface area contributed by atoms with Crippen LogP contribution in [0, 0.1) is 34.6 Å². The standard InChI is InChI=1S/C32H40N8.C28H28N4.C25H22N4/c1-37(2)25-19-23(33-31(35-25)39(5)6)29-27(21-15-11-9-12-16-21)30(28(29)22-17-13-10-14-18-22)24-20-26(38(3)4)36-32(34-24)40(7)8;1-17-15-23(31-19(3)29-17)27-25(21-11-7-5-8-12-21)28(24-16-18(2)30-20(4)32-24)26(27)22-13-9-6-10-14-22;1-17-27-15-13-21(29-17)25-22(18-8-4-2-5-9-18)24(20-12-14-26-16-28-20)23(25)19-10-6-3-7-11-19/h9-20,27-30H,1-8H3;5-16,25-28H,1-4H3;2-16,22-25H,1H3/t;;22-,23-,24?,25?/m..0/s1. The van der Waals surface area contributed by atoms with Gasteiger partial charge in [-0.25, -0.2) is 49.8 Å². The van der Waals surface area contributed by atoms with Crippen molar-refractivity contribution in [2.45, 2.75) is 106 Å². The van der Waals surface area contributed by atoms with Gasteiger partial charge in [-0.1, -0.05) is 182 Å². The molecule has 0 aliphatic heterocycles. The Labute approximate surface area is 595 Å². The van der Waals surface area contributed by atoms with Crippen molar-refractivity contribution in [3.05, 3.63) is 334 Å². The van der Waals surface area contributed by atoms with Crippen molar-refractivity contribution in [1.82, 2.24) is 59.8 Å². The summed E-state index contributed by atoms with van der Waals surface area (Å²) in [4.78, 5) is 64.9. The van der Waals surface area contributed by atoms with Crippen LogP contribution in [-0.2, 0) is 0 Å². The van der Waals surface area contributed by atoms with E-state index >= 15 is 0 Å². The van der Waals surface area contributed by atoms with E-state index in [-0.39, 0.29) is 59.2 Å². The molecule has 16 heteroatoms. The van der Waals surface area contributed by atoms with Crippen LogP contribution < -0.4 is 19.6 Å². The lowest BCUT2D eigenvalue weighted by Gasteiger charge is -2.52. The van der Waals surface area contributed by atoms with Crippen LogP contribution in [0.1, 0.15) is 167 Å². The Morgan fingerprint density at radius 2 is 0.525 bits per heavy atom. The number of hydrogen-bond acceptors (Lipinski definition) is 16. The summed E-state index contributed by atoms with van der Waals surface area (Å²) in [6.07, 6.45) is 5.37. The minimum absolute atomic E-state index is 0.135. The lowest BCUT2D eigenvalue weighted by atomic mass is 9.50. The third-order valence-corrected chi connectivity index (χ3v) is 20.3. The molecule has 2 atom stereocenters. The van der Waals surface area contributed by atoms with Gasteiger partial charge in [0.05, 0.1) is 11.4 Å². The van der Waals surface area contributed by atoms with Crippen LogP contribution in [0.25, 0.3) is 0 Å². The van der Waals surface area contributed by atoms with Crippen LogP contribution in [0.2, 0.25) is 0 Å². The van der Waals surface area contributed by atoms with Crippen molar-refractivity contribution in [2.24, 2.45) is 0 Å². The number of anilines is 4. The zero-order valence-corrected chi connectivity index (χ0v) is 60.1. The minimum atomic E-state index is 0.135. The van der Waals surface area contributed by atoms with Crippen LogP contribution in [-0.4, -0.2) is 116 Å². The first-order valence-corrected chi connectivity index (χ1v) is 35.0. The second-order valence-corrected chi connectivity index (χ2v) is 27.9. The normalized spacial score (nSPS) is 21.7. The second kappa shape index (κ2) is 30.2. The number of rotatable bonds is 16. The van der Waals surface area contributed by atoms with E-state index < -0.39 is 0 Å². The zero-order chi connectivity index (χ0) is 70.4. The average Bonchev–Trinajstić information content (AvgIpc) is 0.727. The van der Waals surface area contributed by atoms with Gasteiger partial charge in [0.1, 0.15) is 35.4 Å². The van der Waals surface area contributed by atoms with Gasteiger partial charge in [-0.3, -0.25) is 0 Å². The summed E-state index contributed by atoms with van der Waals surface area (Å²) in [7, 11) is 16.1. The number of hydrogen-bond donors (Lipinski definition) is 0. The molecule has 0 bridgehead atoms. The van der Waals surface area contributed by atoms with E-state index in [1.54, 1.807) is 6.33 Å². The molecule has 6 aromatic heterocycles. The van der Waals surface area contributed by atoms with Gasteiger partial charge in [0, 0.05) is 186 Å². The summed E-state index contributed by atoms with van der Waals surface area (Å²) < 4.78 is 0. The van der Waals surface area contributed by atoms with Crippen molar-refractivity contribution in [1.29, 1.82) is 0 Å².